The van der Waals surface area contributed by atoms with E-state index in [2.05, 4.69) is 4.98 Å². The van der Waals surface area contributed by atoms with Crippen molar-refractivity contribution in [1.82, 2.24) is 9.88 Å². The number of pyridine rings is 1. The van der Waals surface area contributed by atoms with Crippen LogP contribution in [0.15, 0.2) is 36.5 Å². The molecule has 2 aromatic rings. The van der Waals surface area contributed by atoms with Crippen LogP contribution in [0.4, 0.5) is 14.5 Å². The van der Waals surface area contributed by atoms with Gasteiger partial charge in [0, 0.05) is 24.8 Å². The summed E-state index contributed by atoms with van der Waals surface area (Å²) in [6.45, 7) is 2.03. The average molecular weight is 361 g/mol. The number of anilines is 1. The maximum atomic E-state index is 13.8. The molecule has 2 amide bonds. The molecule has 136 valence electrons. The lowest BCUT2D eigenvalue weighted by Gasteiger charge is -2.39. The highest BCUT2D eigenvalue weighted by Gasteiger charge is 2.36. The third-order valence-electron chi connectivity index (χ3n) is 4.31. The van der Waals surface area contributed by atoms with Crippen LogP contribution < -0.4 is 9.64 Å². The van der Waals surface area contributed by atoms with Crippen molar-refractivity contribution in [2.75, 3.05) is 25.1 Å². The molecule has 2 heterocycles. The molecule has 1 fully saturated rings. The fourth-order valence-corrected chi connectivity index (χ4v) is 2.87. The monoisotopic (exact) mass is 361 g/mol. The van der Waals surface area contributed by atoms with Crippen molar-refractivity contribution in [2.24, 2.45) is 0 Å². The molecular weight excluding hydrogens is 344 g/mol. The number of hydrogen-bond acceptors (Lipinski definition) is 4. The summed E-state index contributed by atoms with van der Waals surface area (Å²) in [7, 11) is 1.55. The van der Waals surface area contributed by atoms with Crippen LogP contribution in [0.2, 0.25) is 0 Å². The number of rotatable bonds is 3. The van der Waals surface area contributed by atoms with Gasteiger partial charge in [-0.15, -0.1) is 0 Å². The van der Waals surface area contributed by atoms with Gasteiger partial charge in [-0.05, 0) is 31.2 Å². The molecule has 0 aliphatic carbocycles. The first kappa shape index (κ1) is 17.8. The van der Waals surface area contributed by atoms with Crippen molar-refractivity contribution in [2.45, 2.75) is 13.0 Å². The van der Waals surface area contributed by atoms with Gasteiger partial charge in [-0.3, -0.25) is 9.59 Å². The summed E-state index contributed by atoms with van der Waals surface area (Å²) in [6, 6.07) is 6.78. The molecule has 6 nitrogen and oxygen atoms in total. The molecule has 26 heavy (non-hydrogen) atoms. The Morgan fingerprint density at radius 3 is 2.54 bits per heavy atom. The van der Waals surface area contributed by atoms with Gasteiger partial charge in [0.1, 0.15) is 17.6 Å². The Balaban J connectivity index is 1.79. The van der Waals surface area contributed by atoms with Crippen LogP contribution >= 0.6 is 0 Å². The number of halogens is 2. The molecule has 3 rings (SSSR count). The van der Waals surface area contributed by atoms with E-state index >= 15 is 0 Å². The Labute approximate surface area is 149 Å². The Kier molecular flexibility index (Phi) is 4.83. The van der Waals surface area contributed by atoms with E-state index in [9.17, 15) is 18.4 Å². The predicted octanol–water partition coefficient (Wildman–Crippen LogP) is 2.25. The number of aromatic nitrogens is 1. The number of piperazine rings is 1. The number of carbonyl (C=O) groups excluding carboxylic acids is 2. The van der Waals surface area contributed by atoms with Crippen molar-refractivity contribution in [3.8, 4) is 5.75 Å². The van der Waals surface area contributed by atoms with Crippen molar-refractivity contribution in [3.05, 3.63) is 53.9 Å². The number of nitrogens with zero attached hydrogens (tertiary/aromatic N) is 3. The zero-order valence-electron chi connectivity index (χ0n) is 14.3. The second-order valence-corrected chi connectivity index (χ2v) is 5.85. The van der Waals surface area contributed by atoms with Crippen molar-refractivity contribution in [1.29, 1.82) is 0 Å². The molecule has 0 spiro atoms. The number of methoxy groups -OCH3 is 1. The van der Waals surface area contributed by atoms with Gasteiger partial charge in [0.05, 0.1) is 13.3 Å². The summed E-state index contributed by atoms with van der Waals surface area (Å²) in [5.41, 5.74) is 0.185. The Morgan fingerprint density at radius 2 is 1.92 bits per heavy atom. The van der Waals surface area contributed by atoms with Crippen molar-refractivity contribution in [3.63, 3.8) is 0 Å². The van der Waals surface area contributed by atoms with E-state index in [4.69, 9.17) is 4.74 Å². The zero-order chi connectivity index (χ0) is 18.8. The molecule has 1 saturated heterocycles. The molecule has 1 atom stereocenters. The normalized spacial score (nSPS) is 17.4. The van der Waals surface area contributed by atoms with Crippen LogP contribution in [0, 0.1) is 11.6 Å². The van der Waals surface area contributed by atoms with Gasteiger partial charge in [0.15, 0.2) is 11.5 Å². The maximum absolute atomic E-state index is 13.8. The van der Waals surface area contributed by atoms with Gasteiger partial charge in [-0.1, -0.05) is 0 Å². The quantitative estimate of drug-likeness (QED) is 0.841. The van der Waals surface area contributed by atoms with E-state index in [0.29, 0.717) is 17.5 Å². The van der Waals surface area contributed by atoms with E-state index in [1.807, 2.05) is 0 Å². The highest BCUT2D eigenvalue weighted by Crippen LogP contribution is 2.24. The average Bonchev–Trinajstić information content (AvgIpc) is 2.63. The molecular formula is C18H17F2N3O3. The van der Waals surface area contributed by atoms with E-state index in [1.165, 1.54) is 4.90 Å². The van der Waals surface area contributed by atoms with Gasteiger partial charge in [-0.2, -0.15) is 0 Å². The topological polar surface area (TPSA) is 62.7 Å². The predicted molar refractivity (Wildman–Crippen MR) is 90.0 cm³/mol. The summed E-state index contributed by atoms with van der Waals surface area (Å²) in [6.07, 6.45) is 0.774. The Morgan fingerprint density at radius 1 is 1.23 bits per heavy atom. The van der Waals surface area contributed by atoms with Crippen molar-refractivity contribution < 1.29 is 23.1 Å². The molecule has 1 aromatic carbocycles. The van der Waals surface area contributed by atoms with E-state index < -0.39 is 29.3 Å². The maximum Gasteiger partial charge on any atom is 0.276 e. The molecule has 0 unspecified atom stereocenters. The molecule has 8 heteroatoms. The fourth-order valence-electron chi connectivity index (χ4n) is 2.87. The minimum Gasteiger partial charge on any atom is -0.497 e. The number of carbonyl (C=O) groups is 2. The Bertz CT molecular complexity index is 842. The fraction of sp³-hybridized carbons (Fsp3) is 0.278. The van der Waals surface area contributed by atoms with Gasteiger partial charge in [0.25, 0.3) is 5.91 Å². The van der Waals surface area contributed by atoms with Crippen LogP contribution in [-0.4, -0.2) is 47.9 Å². The van der Waals surface area contributed by atoms with E-state index in [0.717, 1.165) is 6.20 Å². The summed E-state index contributed by atoms with van der Waals surface area (Å²) in [5.74, 6) is -2.28. The molecule has 1 aliphatic rings. The van der Waals surface area contributed by atoms with Gasteiger partial charge >= 0.3 is 0 Å². The third-order valence-corrected chi connectivity index (χ3v) is 4.31. The van der Waals surface area contributed by atoms with Crippen LogP contribution in [0.5, 0.6) is 5.75 Å². The highest BCUT2D eigenvalue weighted by molar-refractivity contribution is 6.02. The largest absolute Gasteiger partial charge is 0.497 e. The zero-order valence-corrected chi connectivity index (χ0v) is 14.3. The first-order valence-corrected chi connectivity index (χ1v) is 8.00. The SMILES string of the molecule is COc1ccc(N2CCN(C(=O)c3ncc(F)cc3F)[C@@H](C)C2=O)cc1. The number of ether oxygens (including phenoxy) is 1. The van der Waals surface area contributed by atoms with Crippen LogP contribution in [0.25, 0.3) is 0 Å². The van der Waals surface area contributed by atoms with Gasteiger partial charge in [-0.25, -0.2) is 13.8 Å². The lowest BCUT2D eigenvalue weighted by Crippen LogP contribution is -2.58. The summed E-state index contributed by atoms with van der Waals surface area (Å²) < 4.78 is 31.9. The van der Waals surface area contributed by atoms with E-state index in [-0.39, 0.29) is 19.0 Å². The first-order chi connectivity index (χ1) is 12.4. The van der Waals surface area contributed by atoms with Crippen LogP contribution in [0.1, 0.15) is 17.4 Å². The number of hydrogen-bond donors (Lipinski definition) is 0. The third kappa shape index (κ3) is 3.22. The molecule has 0 bridgehead atoms. The second-order valence-electron chi connectivity index (χ2n) is 5.85. The van der Waals surface area contributed by atoms with Gasteiger partial charge in [0.2, 0.25) is 5.91 Å². The highest BCUT2D eigenvalue weighted by atomic mass is 19.1. The van der Waals surface area contributed by atoms with Crippen molar-refractivity contribution >= 4 is 17.5 Å². The standard InChI is InChI=1S/C18H17F2N3O3/c1-11-17(24)23(13-3-5-14(26-2)6-4-13)8-7-22(11)18(25)16-15(20)9-12(19)10-21-16/h3-6,9-11H,7-8H2,1-2H3/t11-/m0/s1. The number of benzene rings is 1. The lowest BCUT2D eigenvalue weighted by atomic mass is 10.1. The molecule has 1 aliphatic heterocycles. The van der Waals surface area contributed by atoms with Crippen LogP contribution in [-0.2, 0) is 4.79 Å². The Hall–Kier alpha value is -3.03. The molecule has 0 saturated carbocycles. The number of amides is 2. The summed E-state index contributed by atoms with van der Waals surface area (Å²) >= 11 is 0. The van der Waals surface area contributed by atoms with Gasteiger partial charge < -0.3 is 14.5 Å². The van der Waals surface area contributed by atoms with Crippen LogP contribution in [0.3, 0.4) is 0 Å². The molecule has 0 radical (unpaired) electrons. The summed E-state index contributed by atoms with van der Waals surface area (Å²) in [5, 5.41) is 0. The molecule has 0 N–H and O–H groups in total. The summed E-state index contributed by atoms with van der Waals surface area (Å²) in [4.78, 5) is 31.5. The van der Waals surface area contributed by atoms with E-state index in [1.54, 1.807) is 43.2 Å². The minimum absolute atomic E-state index is 0.205. The lowest BCUT2D eigenvalue weighted by molar-refractivity contribution is -0.124. The second kappa shape index (κ2) is 7.07. The smallest absolute Gasteiger partial charge is 0.276 e. The minimum atomic E-state index is -1.05. The first-order valence-electron chi connectivity index (χ1n) is 8.00. The molecule has 1 aromatic heterocycles.